The van der Waals surface area contributed by atoms with Crippen LogP contribution < -0.4 is 5.32 Å². The molecule has 0 fully saturated rings. The van der Waals surface area contributed by atoms with Gasteiger partial charge in [-0.15, -0.1) is 11.8 Å². The molecule has 0 aliphatic rings. The first-order valence-corrected chi connectivity index (χ1v) is 9.71. The summed E-state index contributed by atoms with van der Waals surface area (Å²) in [5.74, 6) is 0.466. The van der Waals surface area contributed by atoms with Crippen molar-refractivity contribution in [2.24, 2.45) is 0 Å². The molecule has 0 unspecified atom stereocenters. The average Bonchev–Trinajstić information content (AvgIpc) is 2.66. The van der Waals surface area contributed by atoms with Crippen LogP contribution in [-0.4, -0.2) is 37.2 Å². The normalized spacial score (nSPS) is 12.3. The minimum Gasteiger partial charge on any atom is -0.347 e. The van der Waals surface area contributed by atoms with Crippen LogP contribution in [0.2, 0.25) is 0 Å². The third-order valence-electron chi connectivity index (χ3n) is 4.18. The Hall–Kier alpha value is -2.30. The minimum absolute atomic E-state index is 0.00379. The lowest BCUT2D eigenvalue weighted by Gasteiger charge is -2.22. The number of amides is 1. The minimum atomic E-state index is -0.00379. The van der Waals surface area contributed by atoms with E-state index in [0.29, 0.717) is 5.75 Å². The topological polar surface area (TPSA) is 32.3 Å². The molecule has 0 saturated heterocycles. The molecule has 4 heteroatoms. The summed E-state index contributed by atoms with van der Waals surface area (Å²) >= 11 is 1.57. The van der Waals surface area contributed by atoms with Crippen molar-refractivity contribution in [3.8, 4) is 0 Å². The number of hydrogen-bond acceptors (Lipinski definition) is 3. The molecule has 0 saturated carbocycles. The number of nitrogens with one attached hydrogen (secondary N) is 1. The Labute approximate surface area is 159 Å². The van der Waals surface area contributed by atoms with Crippen molar-refractivity contribution in [3.05, 3.63) is 78.4 Å². The zero-order valence-electron chi connectivity index (χ0n) is 15.2. The van der Waals surface area contributed by atoms with Crippen LogP contribution in [0.3, 0.4) is 0 Å². The van der Waals surface area contributed by atoms with Crippen molar-refractivity contribution >= 4 is 28.4 Å². The van der Waals surface area contributed by atoms with Gasteiger partial charge in [0, 0.05) is 11.4 Å². The summed E-state index contributed by atoms with van der Waals surface area (Å²) in [4.78, 5) is 15.7. The van der Waals surface area contributed by atoms with Gasteiger partial charge in [0.05, 0.1) is 11.8 Å². The van der Waals surface area contributed by atoms with Crippen LogP contribution in [0.15, 0.2) is 77.7 Å². The number of benzene rings is 3. The zero-order chi connectivity index (χ0) is 18.4. The van der Waals surface area contributed by atoms with Gasteiger partial charge in [-0.2, -0.15) is 0 Å². The van der Waals surface area contributed by atoms with E-state index in [9.17, 15) is 4.79 Å². The second kappa shape index (κ2) is 8.88. The van der Waals surface area contributed by atoms with Crippen molar-refractivity contribution in [3.63, 3.8) is 0 Å². The van der Waals surface area contributed by atoms with Gasteiger partial charge in [-0.1, -0.05) is 60.7 Å². The first-order valence-electron chi connectivity index (χ1n) is 8.72. The van der Waals surface area contributed by atoms with Crippen LogP contribution in [0.25, 0.3) is 10.8 Å². The van der Waals surface area contributed by atoms with Gasteiger partial charge in [-0.25, -0.2) is 0 Å². The highest BCUT2D eigenvalue weighted by Gasteiger charge is 2.15. The van der Waals surface area contributed by atoms with Gasteiger partial charge < -0.3 is 10.2 Å². The zero-order valence-corrected chi connectivity index (χ0v) is 16.0. The number of thioether (sulfide) groups is 1. The van der Waals surface area contributed by atoms with Gasteiger partial charge in [0.25, 0.3) is 0 Å². The van der Waals surface area contributed by atoms with Gasteiger partial charge in [0.1, 0.15) is 0 Å². The largest absolute Gasteiger partial charge is 0.347 e. The van der Waals surface area contributed by atoms with Gasteiger partial charge in [-0.05, 0) is 42.6 Å². The lowest BCUT2D eigenvalue weighted by Crippen LogP contribution is -2.36. The Morgan fingerprint density at radius 3 is 2.38 bits per heavy atom. The molecule has 3 aromatic carbocycles. The molecule has 26 heavy (non-hydrogen) atoms. The average molecular weight is 365 g/mol. The molecule has 0 heterocycles. The van der Waals surface area contributed by atoms with Crippen molar-refractivity contribution < 1.29 is 4.79 Å². The summed E-state index contributed by atoms with van der Waals surface area (Å²) in [7, 11) is 4.04. The molecule has 3 aromatic rings. The van der Waals surface area contributed by atoms with Crippen molar-refractivity contribution in [1.29, 1.82) is 0 Å². The number of nitrogens with zero attached hydrogens (tertiary/aromatic N) is 1. The van der Waals surface area contributed by atoms with E-state index in [4.69, 9.17) is 0 Å². The molecular weight excluding hydrogens is 340 g/mol. The first kappa shape index (κ1) is 18.5. The van der Waals surface area contributed by atoms with Crippen molar-refractivity contribution in [2.45, 2.75) is 10.9 Å². The second-order valence-electron chi connectivity index (χ2n) is 6.59. The Balaban J connectivity index is 1.62. The monoisotopic (exact) mass is 364 g/mol. The molecule has 0 radical (unpaired) electrons. The highest BCUT2D eigenvalue weighted by Crippen LogP contribution is 2.23. The molecule has 1 atom stereocenters. The molecule has 0 bridgehead atoms. The van der Waals surface area contributed by atoms with E-state index >= 15 is 0 Å². The number of hydrogen-bond donors (Lipinski definition) is 1. The molecule has 0 aliphatic heterocycles. The summed E-state index contributed by atoms with van der Waals surface area (Å²) in [5, 5.41) is 5.59. The summed E-state index contributed by atoms with van der Waals surface area (Å²) in [5.41, 5.74) is 1.13. The standard InChI is InChI=1S/C22H24N2OS/c1-24(2)15-21(18-9-4-3-5-10-18)23-22(25)16-26-20-13-12-17-8-6-7-11-19(17)14-20/h3-14,21H,15-16H2,1-2H3,(H,23,25)/t21-/m0/s1. The number of carbonyl (C=O) groups is 1. The predicted octanol–water partition coefficient (Wildman–Crippen LogP) is 4.35. The van der Waals surface area contributed by atoms with Gasteiger partial charge >= 0.3 is 0 Å². The van der Waals surface area contributed by atoms with Crippen LogP contribution in [0, 0.1) is 0 Å². The van der Waals surface area contributed by atoms with E-state index in [2.05, 4.69) is 52.7 Å². The van der Waals surface area contributed by atoms with Crippen molar-refractivity contribution in [1.82, 2.24) is 10.2 Å². The van der Waals surface area contributed by atoms with E-state index in [-0.39, 0.29) is 11.9 Å². The fourth-order valence-electron chi connectivity index (χ4n) is 2.93. The smallest absolute Gasteiger partial charge is 0.230 e. The summed E-state index contributed by atoms with van der Waals surface area (Å²) in [6.07, 6.45) is 0. The molecule has 0 aliphatic carbocycles. The number of rotatable bonds is 7. The Morgan fingerprint density at radius 1 is 0.962 bits per heavy atom. The molecule has 1 N–H and O–H groups in total. The third-order valence-corrected chi connectivity index (χ3v) is 5.17. The Bertz CT molecular complexity index is 864. The third kappa shape index (κ3) is 5.10. The molecule has 134 valence electrons. The highest BCUT2D eigenvalue weighted by atomic mass is 32.2. The van der Waals surface area contributed by atoms with Gasteiger partial charge in [-0.3, -0.25) is 4.79 Å². The van der Waals surface area contributed by atoms with Gasteiger partial charge in [0.15, 0.2) is 0 Å². The van der Waals surface area contributed by atoms with Crippen LogP contribution in [-0.2, 0) is 4.79 Å². The maximum Gasteiger partial charge on any atom is 0.230 e. The SMILES string of the molecule is CN(C)C[C@H](NC(=O)CSc1ccc2ccccc2c1)c1ccccc1. The van der Waals surface area contributed by atoms with Crippen LogP contribution in [0.1, 0.15) is 11.6 Å². The van der Waals surface area contributed by atoms with E-state index in [1.807, 2.05) is 44.4 Å². The van der Waals surface area contributed by atoms with E-state index in [1.54, 1.807) is 11.8 Å². The van der Waals surface area contributed by atoms with E-state index in [1.165, 1.54) is 10.8 Å². The number of likely N-dealkylation sites (N-methyl/N-ethyl adjacent to an activating group) is 1. The molecule has 0 spiro atoms. The number of fused-ring (bicyclic) bond motifs is 1. The quantitative estimate of drug-likeness (QED) is 0.633. The first-order chi connectivity index (χ1) is 12.6. The van der Waals surface area contributed by atoms with Crippen molar-refractivity contribution in [2.75, 3.05) is 26.4 Å². The summed E-state index contributed by atoms with van der Waals surface area (Å²) in [6.45, 7) is 0.774. The molecule has 1 amide bonds. The van der Waals surface area contributed by atoms with Crippen LogP contribution >= 0.6 is 11.8 Å². The Kier molecular flexibility index (Phi) is 6.31. The van der Waals surface area contributed by atoms with Gasteiger partial charge in [0.2, 0.25) is 5.91 Å². The molecule has 0 aromatic heterocycles. The highest BCUT2D eigenvalue weighted by molar-refractivity contribution is 8.00. The van der Waals surface area contributed by atoms with Crippen LogP contribution in [0.4, 0.5) is 0 Å². The van der Waals surface area contributed by atoms with E-state index in [0.717, 1.165) is 17.0 Å². The Morgan fingerprint density at radius 2 is 1.65 bits per heavy atom. The van der Waals surface area contributed by atoms with E-state index < -0.39 is 0 Å². The molecule has 3 rings (SSSR count). The lowest BCUT2D eigenvalue weighted by molar-refractivity contribution is -0.119. The number of carbonyl (C=O) groups excluding carboxylic acids is 1. The predicted molar refractivity (Wildman–Crippen MR) is 111 cm³/mol. The second-order valence-corrected chi connectivity index (χ2v) is 7.64. The summed E-state index contributed by atoms with van der Waals surface area (Å²) in [6, 6.07) is 24.7. The van der Waals surface area contributed by atoms with Crippen LogP contribution in [0.5, 0.6) is 0 Å². The summed E-state index contributed by atoms with van der Waals surface area (Å²) < 4.78 is 0. The fourth-order valence-corrected chi connectivity index (χ4v) is 3.68. The maximum absolute atomic E-state index is 12.5. The maximum atomic E-state index is 12.5. The molecular formula is C22H24N2OS. The lowest BCUT2D eigenvalue weighted by atomic mass is 10.1. The molecule has 3 nitrogen and oxygen atoms in total. The fraction of sp³-hybridized carbons (Fsp3) is 0.227.